The van der Waals surface area contributed by atoms with Gasteiger partial charge in [0.05, 0.1) is 80.6 Å². The van der Waals surface area contributed by atoms with E-state index in [2.05, 4.69) is 0 Å². The summed E-state index contributed by atoms with van der Waals surface area (Å²) in [7, 11) is 0. The van der Waals surface area contributed by atoms with Crippen molar-refractivity contribution in [1.29, 1.82) is 0 Å². The van der Waals surface area contributed by atoms with E-state index < -0.39 is 0 Å². The van der Waals surface area contributed by atoms with Crippen molar-refractivity contribution in [2.75, 3.05) is 50.2 Å². The average Bonchev–Trinajstić information content (AvgIpc) is 3.52. The van der Waals surface area contributed by atoms with E-state index in [0.29, 0.717) is 35.4 Å². The second-order valence-corrected chi connectivity index (χ2v) is 8.64. The molecule has 1 aromatic rings. The standard InChI is InChI=1S/C12H18O5.C9H13N3O/c1(7-3-13-7)9(11-5-15-11)17-10(12-6-16-12)2-8-4-14-8;10-7-2-1-5(3-6-4-13-6)8(11)9(7)12/h7-12H,1-6H2;1-2,6H,3-4,10-12H2. The van der Waals surface area contributed by atoms with E-state index in [0.717, 1.165) is 57.9 Å². The van der Waals surface area contributed by atoms with Gasteiger partial charge in [-0.25, -0.2) is 0 Å². The number of rotatable bonds is 10. The van der Waals surface area contributed by atoms with E-state index in [-0.39, 0.29) is 24.4 Å². The Morgan fingerprint density at radius 1 is 0.733 bits per heavy atom. The molecule has 166 valence electrons. The van der Waals surface area contributed by atoms with Crippen molar-refractivity contribution in [2.45, 2.75) is 62.0 Å². The highest BCUT2D eigenvalue weighted by atomic mass is 16.6. The fraction of sp³-hybridized carbons (Fsp3) is 0.714. The van der Waals surface area contributed by atoms with Crippen LogP contribution >= 0.6 is 0 Å². The molecule has 5 fully saturated rings. The van der Waals surface area contributed by atoms with Gasteiger partial charge in [0.1, 0.15) is 12.2 Å². The molecule has 7 unspecified atom stereocenters. The normalized spacial score (nSPS) is 34.3. The van der Waals surface area contributed by atoms with Gasteiger partial charge in [0.25, 0.3) is 0 Å². The van der Waals surface area contributed by atoms with Crippen molar-refractivity contribution in [3.63, 3.8) is 0 Å². The van der Waals surface area contributed by atoms with Crippen LogP contribution in [0.15, 0.2) is 12.1 Å². The number of anilines is 3. The zero-order chi connectivity index (χ0) is 20.7. The minimum Gasteiger partial charge on any atom is -0.397 e. The van der Waals surface area contributed by atoms with E-state index in [1.807, 2.05) is 6.07 Å². The first-order valence-corrected chi connectivity index (χ1v) is 10.7. The van der Waals surface area contributed by atoms with Crippen LogP contribution in [0.3, 0.4) is 0 Å². The third-order valence-electron chi connectivity index (χ3n) is 5.95. The molecule has 5 aliphatic heterocycles. The van der Waals surface area contributed by atoms with Crippen molar-refractivity contribution >= 4 is 17.1 Å². The molecule has 7 atom stereocenters. The Kier molecular flexibility index (Phi) is 5.74. The monoisotopic (exact) mass is 421 g/mol. The van der Waals surface area contributed by atoms with E-state index in [9.17, 15) is 0 Å². The second kappa shape index (κ2) is 8.49. The van der Waals surface area contributed by atoms with Gasteiger partial charge in [0, 0.05) is 19.3 Å². The van der Waals surface area contributed by atoms with Gasteiger partial charge in [-0.2, -0.15) is 0 Å². The zero-order valence-electron chi connectivity index (χ0n) is 17.0. The molecule has 0 aromatic heterocycles. The summed E-state index contributed by atoms with van der Waals surface area (Å²) in [6.45, 7) is 4.24. The summed E-state index contributed by atoms with van der Waals surface area (Å²) >= 11 is 0. The molecule has 6 rings (SSSR count). The summed E-state index contributed by atoms with van der Waals surface area (Å²) in [5.74, 6) is 0. The molecule has 30 heavy (non-hydrogen) atoms. The molecule has 1 aromatic carbocycles. The minimum atomic E-state index is 0.176. The van der Waals surface area contributed by atoms with Crippen LogP contribution in [0.4, 0.5) is 17.1 Å². The number of nitrogen functional groups attached to an aromatic ring is 3. The van der Waals surface area contributed by atoms with Crippen molar-refractivity contribution in [3.8, 4) is 0 Å². The lowest BCUT2D eigenvalue weighted by molar-refractivity contribution is -0.0500. The fourth-order valence-electron chi connectivity index (χ4n) is 3.59. The summed E-state index contributed by atoms with van der Waals surface area (Å²) in [5.41, 5.74) is 19.7. The third kappa shape index (κ3) is 5.75. The molecule has 5 heterocycles. The molecular formula is C21H31N3O6. The van der Waals surface area contributed by atoms with Crippen molar-refractivity contribution in [2.24, 2.45) is 0 Å². The maximum absolute atomic E-state index is 6.19. The molecule has 5 saturated heterocycles. The summed E-state index contributed by atoms with van der Waals surface area (Å²) < 4.78 is 32.6. The highest BCUT2D eigenvalue weighted by molar-refractivity contribution is 5.79. The maximum Gasteiger partial charge on any atom is 0.107 e. The number of benzene rings is 1. The summed E-state index contributed by atoms with van der Waals surface area (Å²) in [5, 5.41) is 0. The molecule has 0 radical (unpaired) electrons. The Bertz CT molecular complexity index is 717. The summed E-state index contributed by atoms with van der Waals surface area (Å²) in [4.78, 5) is 0. The first kappa shape index (κ1) is 20.3. The number of nitrogens with two attached hydrogens (primary N) is 3. The van der Waals surface area contributed by atoms with Crippen LogP contribution in [-0.2, 0) is 34.8 Å². The Morgan fingerprint density at radius 3 is 1.67 bits per heavy atom. The summed E-state index contributed by atoms with van der Waals surface area (Å²) in [6.07, 6.45) is 4.76. The van der Waals surface area contributed by atoms with Crippen LogP contribution in [0.5, 0.6) is 0 Å². The fourth-order valence-corrected chi connectivity index (χ4v) is 3.59. The number of epoxide rings is 5. The quantitative estimate of drug-likeness (QED) is 0.362. The first-order valence-electron chi connectivity index (χ1n) is 10.7. The van der Waals surface area contributed by atoms with Gasteiger partial charge in [0.15, 0.2) is 0 Å². The molecular weight excluding hydrogens is 390 g/mol. The van der Waals surface area contributed by atoms with Crippen molar-refractivity contribution in [3.05, 3.63) is 17.7 Å². The molecule has 0 spiro atoms. The van der Waals surface area contributed by atoms with E-state index in [1.54, 1.807) is 6.07 Å². The second-order valence-electron chi connectivity index (χ2n) is 8.64. The van der Waals surface area contributed by atoms with Crippen molar-refractivity contribution in [1.82, 2.24) is 0 Å². The lowest BCUT2D eigenvalue weighted by Crippen LogP contribution is -2.32. The van der Waals surface area contributed by atoms with Gasteiger partial charge in [-0.15, -0.1) is 0 Å². The first-order chi connectivity index (χ1) is 14.6. The Hall–Kier alpha value is -1.62. The molecule has 5 aliphatic rings. The molecule has 0 saturated carbocycles. The number of ether oxygens (including phenoxy) is 6. The van der Waals surface area contributed by atoms with Crippen LogP contribution in [0.1, 0.15) is 18.4 Å². The SMILES string of the molecule is C1OC1CC(OC(CC1CO1)C1CO1)C1CO1.Nc1ccc(CC2CO2)c(N)c1N. The molecule has 0 bridgehead atoms. The Labute approximate surface area is 176 Å². The predicted octanol–water partition coefficient (Wildman–Crippen LogP) is 0.490. The Balaban J connectivity index is 0.000000134. The highest BCUT2D eigenvalue weighted by Crippen LogP contribution is 2.33. The Morgan fingerprint density at radius 2 is 1.23 bits per heavy atom. The van der Waals surface area contributed by atoms with Gasteiger partial charge < -0.3 is 45.6 Å². The zero-order valence-corrected chi connectivity index (χ0v) is 17.0. The van der Waals surface area contributed by atoms with E-state index >= 15 is 0 Å². The van der Waals surface area contributed by atoms with Crippen LogP contribution in [0.25, 0.3) is 0 Å². The van der Waals surface area contributed by atoms with Crippen LogP contribution in [0, 0.1) is 0 Å². The van der Waals surface area contributed by atoms with Crippen LogP contribution < -0.4 is 17.2 Å². The molecule has 0 aliphatic carbocycles. The lowest BCUT2D eigenvalue weighted by Gasteiger charge is -2.22. The summed E-state index contributed by atoms with van der Waals surface area (Å²) in [6, 6.07) is 3.69. The van der Waals surface area contributed by atoms with Gasteiger partial charge in [-0.1, -0.05) is 6.07 Å². The number of hydrogen-bond donors (Lipinski definition) is 3. The minimum absolute atomic E-state index is 0.176. The van der Waals surface area contributed by atoms with Gasteiger partial charge in [0.2, 0.25) is 0 Å². The topological polar surface area (TPSA) is 150 Å². The lowest BCUT2D eigenvalue weighted by atomic mass is 10.1. The van der Waals surface area contributed by atoms with Crippen LogP contribution in [-0.4, -0.2) is 75.8 Å². The van der Waals surface area contributed by atoms with Crippen LogP contribution in [0.2, 0.25) is 0 Å². The molecule has 6 N–H and O–H groups in total. The largest absolute Gasteiger partial charge is 0.397 e. The highest BCUT2D eigenvalue weighted by Gasteiger charge is 2.44. The molecule has 9 nitrogen and oxygen atoms in total. The van der Waals surface area contributed by atoms with E-state index in [1.165, 1.54) is 0 Å². The van der Waals surface area contributed by atoms with E-state index in [4.69, 9.17) is 45.6 Å². The maximum atomic E-state index is 6.19. The average molecular weight is 421 g/mol. The van der Waals surface area contributed by atoms with Gasteiger partial charge >= 0.3 is 0 Å². The van der Waals surface area contributed by atoms with Gasteiger partial charge in [-0.3, -0.25) is 0 Å². The number of hydrogen-bond acceptors (Lipinski definition) is 9. The molecule has 0 amide bonds. The van der Waals surface area contributed by atoms with Crippen molar-refractivity contribution < 1.29 is 28.4 Å². The molecule has 9 heteroatoms. The third-order valence-corrected chi connectivity index (χ3v) is 5.95. The van der Waals surface area contributed by atoms with Gasteiger partial charge in [-0.05, 0) is 11.6 Å². The smallest absolute Gasteiger partial charge is 0.107 e. The predicted molar refractivity (Wildman–Crippen MR) is 110 cm³/mol.